The molecule has 0 atom stereocenters. The minimum Gasteiger partial charge on any atom is -0.340 e. The zero-order valence-corrected chi connectivity index (χ0v) is 15.1. The Morgan fingerprint density at radius 3 is 2.64 bits per heavy atom. The molecule has 0 aliphatic carbocycles. The first-order chi connectivity index (χ1) is 11.9. The van der Waals surface area contributed by atoms with Crippen LogP contribution >= 0.6 is 11.3 Å². The molecule has 0 saturated carbocycles. The minimum absolute atomic E-state index is 0.00866. The van der Waals surface area contributed by atoms with Gasteiger partial charge in [0.15, 0.2) is 0 Å². The Bertz CT molecular complexity index is 876. The summed E-state index contributed by atoms with van der Waals surface area (Å²) in [6.45, 7) is 5.62. The summed E-state index contributed by atoms with van der Waals surface area (Å²) in [7, 11) is 1.40. The van der Waals surface area contributed by atoms with Gasteiger partial charge in [-0.05, 0) is 6.92 Å². The maximum atomic E-state index is 12.4. The molecule has 1 fully saturated rings. The lowest BCUT2D eigenvalue weighted by Gasteiger charge is -2.34. The van der Waals surface area contributed by atoms with Crippen molar-refractivity contribution >= 4 is 17.2 Å². The largest absolute Gasteiger partial charge is 0.340 e. The van der Waals surface area contributed by atoms with Crippen molar-refractivity contribution in [3.63, 3.8) is 0 Å². The van der Waals surface area contributed by atoms with Crippen molar-refractivity contribution in [2.24, 2.45) is 7.05 Å². The maximum Gasteiger partial charge on any atom is 0.328 e. The van der Waals surface area contributed by atoms with Gasteiger partial charge in [-0.2, -0.15) is 0 Å². The highest BCUT2D eigenvalue weighted by Gasteiger charge is 2.22. The number of piperazine rings is 1. The van der Waals surface area contributed by atoms with Gasteiger partial charge < -0.3 is 9.88 Å². The van der Waals surface area contributed by atoms with Crippen LogP contribution in [-0.2, 0) is 24.8 Å². The van der Waals surface area contributed by atoms with Gasteiger partial charge in [0.05, 0.1) is 17.1 Å². The third-order valence-corrected chi connectivity index (χ3v) is 5.20. The first kappa shape index (κ1) is 17.6. The Kier molecular flexibility index (Phi) is 5.14. The van der Waals surface area contributed by atoms with E-state index in [0.717, 1.165) is 34.9 Å². The summed E-state index contributed by atoms with van der Waals surface area (Å²) in [5, 5.41) is 3.13. The topological polar surface area (TPSA) is 91.3 Å². The molecule has 0 aromatic carbocycles. The normalized spacial score (nSPS) is 15.5. The van der Waals surface area contributed by atoms with Gasteiger partial charge in [-0.15, -0.1) is 11.3 Å². The fourth-order valence-electron chi connectivity index (χ4n) is 2.88. The van der Waals surface area contributed by atoms with Crippen molar-refractivity contribution in [2.75, 3.05) is 26.2 Å². The second-order valence-corrected chi connectivity index (χ2v) is 7.24. The van der Waals surface area contributed by atoms with Crippen molar-refractivity contribution in [3.8, 4) is 0 Å². The van der Waals surface area contributed by atoms with E-state index in [-0.39, 0.29) is 12.3 Å². The molecule has 134 valence electrons. The molecule has 9 heteroatoms. The van der Waals surface area contributed by atoms with E-state index >= 15 is 0 Å². The van der Waals surface area contributed by atoms with Crippen molar-refractivity contribution in [3.05, 3.63) is 48.7 Å². The fraction of sp³-hybridized carbons (Fsp3) is 0.500. The van der Waals surface area contributed by atoms with Crippen LogP contribution in [0.2, 0.25) is 0 Å². The Balaban J connectivity index is 1.56. The third kappa shape index (κ3) is 4.05. The van der Waals surface area contributed by atoms with Crippen LogP contribution in [0.3, 0.4) is 0 Å². The van der Waals surface area contributed by atoms with Gasteiger partial charge >= 0.3 is 5.69 Å². The molecule has 0 bridgehead atoms. The highest BCUT2D eigenvalue weighted by molar-refractivity contribution is 7.09. The first-order valence-electron chi connectivity index (χ1n) is 8.13. The summed E-state index contributed by atoms with van der Waals surface area (Å²) >= 11 is 1.64. The Morgan fingerprint density at radius 1 is 1.28 bits per heavy atom. The quantitative estimate of drug-likeness (QED) is 0.807. The van der Waals surface area contributed by atoms with Crippen LogP contribution in [0.15, 0.2) is 21.2 Å². The molecular formula is C16H21N5O3S. The standard InChI is InChI=1S/C16H21N5O3S/c1-11-18-13(10-25-11)9-20-3-5-21(6-4-20)14(22)7-12-8-17-16(24)19(2)15(12)23/h8,10H,3-7,9H2,1-2H3,(H,17,24). The number of aromatic nitrogens is 3. The molecule has 2 aromatic rings. The molecule has 3 rings (SSSR count). The van der Waals surface area contributed by atoms with Crippen LogP contribution in [0.25, 0.3) is 0 Å². The summed E-state index contributed by atoms with van der Waals surface area (Å²) < 4.78 is 0.983. The molecule has 1 aliphatic rings. The number of aromatic amines is 1. The number of aryl methyl sites for hydroxylation is 1. The average Bonchev–Trinajstić information content (AvgIpc) is 3.01. The molecule has 1 aliphatic heterocycles. The molecule has 1 N–H and O–H groups in total. The fourth-order valence-corrected chi connectivity index (χ4v) is 3.49. The van der Waals surface area contributed by atoms with Gasteiger partial charge in [0.2, 0.25) is 5.91 Å². The van der Waals surface area contributed by atoms with Gasteiger partial charge in [0.1, 0.15) is 0 Å². The third-order valence-electron chi connectivity index (χ3n) is 4.37. The predicted octanol–water partition coefficient (Wildman–Crippen LogP) is -0.275. The Labute approximate surface area is 148 Å². The molecule has 0 unspecified atom stereocenters. The zero-order valence-electron chi connectivity index (χ0n) is 14.3. The SMILES string of the molecule is Cc1nc(CN2CCN(C(=O)Cc3c[nH]c(=O)n(C)c3=O)CC2)cs1. The van der Waals surface area contributed by atoms with E-state index in [1.807, 2.05) is 6.92 Å². The molecule has 25 heavy (non-hydrogen) atoms. The minimum atomic E-state index is -0.480. The summed E-state index contributed by atoms with van der Waals surface area (Å²) in [4.78, 5) is 46.8. The number of carbonyl (C=O) groups is 1. The molecule has 1 amide bonds. The second kappa shape index (κ2) is 7.32. The van der Waals surface area contributed by atoms with E-state index in [9.17, 15) is 14.4 Å². The van der Waals surface area contributed by atoms with Gasteiger partial charge in [0, 0.05) is 56.9 Å². The smallest absolute Gasteiger partial charge is 0.328 e. The number of carbonyl (C=O) groups excluding carboxylic acids is 1. The van der Waals surface area contributed by atoms with Crippen LogP contribution < -0.4 is 11.2 Å². The highest BCUT2D eigenvalue weighted by atomic mass is 32.1. The van der Waals surface area contributed by atoms with Crippen LogP contribution in [0.4, 0.5) is 0 Å². The van der Waals surface area contributed by atoms with Crippen molar-refractivity contribution < 1.29 is 4.79 Å². The lowest BCUT2D eigenvalue weighted by molar-refractivity contribution is -0.132. The molecule has 2 aromatic heterocycles. The summed E-state index contributed by atoms with van der Waals surface area (Å²) in [6, 6.07) is 0. The van der Waals surface area contributed by atoms with E-state index in [0.29, 0.717) is 18.7 Å². The zero-order chi connectivity index (χ0) is 18.0. The summed E-state index contributed by atoms with van der Waals surface area (Å²) in [6.07, 6.45) is 1.35. The monoisotopic (exact) mass is 363 g/mol. The number of nitrogens with zero attached hydrogens (tertiary/aromatic N) is 4. The van der Waals surface area contributed by atoms with Crippen LogP contribution in [0, 0.1) is 6.92 Å². The lowest BCUT2D eigenvalue weighted by Crippen LogP contribution is -2.49. The first-order valence-corrected chi connectivity index (χ1v) is 9.00. The average molecular weight is 363 g/mol. The van der Waals surface area contributed by atoms with Gasteiger partial charge in [-0.3, -0.25) is 19.1 Å². The maximum absolute atomic E-state index is 12.4. The van der Waals surface area contributed by atoms with E-state index < -0.39 is 11.2 Å². The Hall–Kier alpha value is -2.26. The highest BCUT2D eigenvalue weighted by Crippen LogP contribution is 2.12. The predicted molar refractivity (Wildman–Crippen MR) is 94.7 cm³/mol. The number of hydrogen-bond donors (Lipinski definition) is 1. The van der Waals surface area contributed by atoms with E-state index in [2.05, 4.69) is 20.2 Å². The van der Waals surface area contributed by atoms with E-state index in [4.69, 9.17) is 0 Å². The molecular weight excluding hydrogens is 342 g/mol. The number of thiazole rings is 1. The van der Waals surface area contributed by atoms with Gasteiger partial charge in [-0.25, -0.2) is 9.78 Å². The lowest BCUT2D eigenvalue weighted by atomic mass is 10.2. The molecule has 3 heterocycles. The number of H-pyrrole nitrogens is 1. The van der Waals surface area contributed by atoms with Crippen LogP contribution in [-0.4, -0.2) is 56.4 Å². The summed E-state index contributed by atoms with van der Waals surface area (Å²) in [5.74, 6) is -0.0895. The van der Waals surface area contributed by atoms with Crippen molar-refractivity contribution in [1.82, 2.24) is 24.3 Å². The number of nitrogens with one attached hydrogen (secondary N) is 1. The van der Waals surface area contributed by atoms with E-state index in [1.54, 1.807) is 16.2 Å². The van der Waals surface area contributed by atoms with E-state index in [1.165, 1.54) is 13.2 Å². The van der Waals surface area contributed by atoms with Gasteiger partial charge in [0.25, 0.3) is 5.56 Å². The van der Waals surface area contributed by atoms with Crippen molar-refractivity contribution in [2.45, 2.75) is 19.9 Å². The number of hydrogen-bond acceptors (Lipinski definition) is 6. The molecule has 8 nitrogen and oxygen atoms in total. The van der Waals surface area contributed by atoms with Gasteiger partial charge in [-0.1, -0.05) is 0 Å². The molecule has 0 radical (unpaired) electrons. The second-order valence-electron chi connectivity index (χ2n) is 6.17. The van der Waals surface area contributed by atoms with Crippen LogP contribution in [0.5, 0.6) is 0 Å². The van der Waals surface area contributed by atoms with Crippen LogP contribution in [0.1, 0.15) is 16.3 Å². The molecule has 1 saturated heterocycles. The van der Waals surface area contributed by atoms with Crippen molar-refractivity contribution in [1.29, 1.82) is 0 Å². The summed E-state index contributed by atoms with van der Waals surface area (Å²) in [5.41, 5.74) is 0.480. The molecule has 0 spiro atoms. The Morgan fingerprint density at radius 2 is 2.00 bits per heavy atom. The number of amides is 1. The number of rotatable bonds is 4.